The first kappa shape index (κ1) is 17.2. The Morgan fingerprint density at radius 2 is 1.58 bits per heavy atom. The predicted octanol–water partition coefficient (Wildman–Crippen LogP) is 3.25. The average Bonchev–Trinajstić information content (AvgIpc) is 2.71. The third-order valence-electron chi connectivity index (χ3n) is 5.89. The smallest absolute Gasteiger partial charge is 0.190 e. The maximum Gasteiger partial charge on any atom is 0.190 e. The molecule has 3 rings (SSSR count). The number of carbonyl (C=O) groups is 1. The molecule has 0 saturated carbocycles. The van der Waals surface area contributed by atoms with Gasteiger partial charge >= 0.3 is 0 Å². The minimum Gasteiger partial charge on any atom is -0.364 e. The fraction of sp³-hybridized carbons (Fsp3) is 0.550. The molecule has 1 aromatic carbocycles. The molecule has 130 valence electrons. The second-order valence-electron chi connectivity index (χ2n) is 7.27. The van der Waals surface area contributed by atoms with Gasteiger partial charge < -0.3 is 9.74 Å². The van der Waals surface area contributed by atoms with Gasteiger partial charge in [-0.25, -0.2) is 0 Å². The van der Waals surface area contributed by atoms with Gasteiger partial charge in [-0.3, -0.25) is 4.79 Å². The van der Waals surface area contributed by atoms with Gasteiger partial charge in [0.2, 0.25) is 0 Å². The summed E-state index contributed by atoms with van der Waals surface area (Å²) in [6.07, 6.45) is 1.61. The Bertz CT molecular complexity index is 689. The number of nitrogens with zero attached hydrogens (tertiary/aromatic N) is 2. The van der Waals surface area contributed by atoms with Crippen molar-refractivity contribution >= 4 is 11.4 Å². The largest absolute Gasteiger partial charge is 0.364 e. The van der Waals surface area contributed by atoms with Crippen molar-refractivity contribution in [1.82, 2.24) is 9.96 Å². The molecule has 2 heterocycles. The fourth-order valence-corrected chi connectivity index (χ4v) is 4.51. The van der Waals surface area contributed by atoms with Crippen molar-refractivity contribution < 1.29 is 9.63 Å². The van der Waals surface area contributed by atoms with E-state index in [1.807, 2.05) is 5.06 Å². The average molecular weight is 328 g/mol. The fourth-order valence-electron chi connectivity index (χ4n) is 4.51. The molecule has 4 heteroatoms. The molecule has 0 radical (unpaired) electrons. The quantitative estimate of drug-likeness (QED) is 0.834. The Hall–Kier alpha value is -1.65. The van der Waals surface area contributed by atoms with Crippen molar-refractivity contribution in [3.8, 4) is 0 Å². The van der Waals surface area contributed by atoms with Crippen molar-refractivity contribution in [1.29, 1.82) is 0 Å². The van der Waals surface area contributed by atoms with Crippen molar-refractivity contribution in [2.24, 2.45) is 0 Å². The van der Waals surface area contributed by atoms with Crippen LogP contribution in [0.5, 0.6) is 0 Å². The molecule has 0 bridgehead atoms. The summed E-state index contributed by atoms with van der Waals surface area (Å²) in [5, 5.41) is 1.95. The van der Waals surface area contributed by atoms with Crippen LogP contribution in [0.15, 0.2) is 17.8 Å². The van der Waals surface area contributed by atoms with Gasteiger partial charge in [0.15, 0.2) is 5.78 Å². The normalized spacial score (nSPS) is 21.2. The van der Waals surface area contributed by atoms with E-state index in [-0.39, 0.29) is 5.78 Å². The number of likely N-dealkylation sites (N-methyl/N-ethyl adjacent to an activating group) is 1. The van der Waals surface area contributed by atoms with E-state index in [0.717, 1.165) is 42.8 Å². The molecule has 1 spiro atoms. The number of piperidine rings is 1. The van der Waals surface area contributed by atoms with Crippen molar-refractivity contribution in [2.45, 2.75) is 46.1 Å². The first-order valence-electron chi connectivity index (χ1n) is 8.68. The summed E-state index contributed by atoms with van der Waals surface area (Å²) in [7, 11) is 3.77. The standard InChI is InChI=1S/C20H28N2O2/c1-13-11-14(2)17(15(3)12-13)18-16(4)21(5)20(19(18)23)7-9-22(24-6)10-8-20/h11-12H,7-10H2,1-6H3. The SMILES string of the molecule is CON1CCC2(CC1)C(=O)C(c1c(C)cc(C)cc1C)=C(C)N2C. The van der Waals surface area contributed by atoms with Crippen LogP contribution >= 0.6 is 0 Å². The van der Waals surface area contributed by atoms with E-state index in [9.17, 15) is 4.79 Å². The maximum atomic E-state index is 13.5. The molecule has 0 aliphatic carbocycles. The van der Waals surface area contributed by atoms with Gasteiger partial charge in [0, 0.05) is 31.4 Å². The van der Waals surface area contributed by atoms with Gasteiger partial charge in [-0.1, -0.05) is 17.7 Å². The minimum absolute atomic E-state index is 0.285. The van der Waals surface area contributed by atoms with Crippen molar-refractivity contribution in [2.75, 3.05) is 27.2 Å². The number of ketones is 1. The van der Waals surface area contributed by atoms with E-state index in [4.69, 9.17) is 4.84 Å². The minimum atomic E-state index is -0.405. The van der Waals surface area contributed by atoms with Gasteiger partial charge in [-0.2, -0.15) is 5.06 Å². The van der Waals surface area contributed by atoms with Crippen LogP contribution in [-0.2, 0) is 9.63 Å². The van der Waals surface area contributed by atoms with Crippen LogP contribution in [0.25, 0.3) is 5.57 Å². The number of Topliss-reactive ketones (excluding diaryl/α,β-unsaturated/α-hetero) is 1. The molecular formula is C20H28N2O2. The highest BCUT2D eigenvalue weighted by molar-refractivity contribution is 6.28. The van der Waals surface area contributed by atoms with E-state index in [2.05, 4.69) is 51.8 Å². The van der Waals surface area contributed by atoms with Crippen LogP contribution in [0.2, 0.25) is 0 Å². The van der Waals surface area contributed by atoms with Crippen LogP contribution in [0.3, 0.4) is 0 Å². The molecule has 24 heavy (non-hydrogen) atoms. The predicted molar refractivity (Wildman–Crippen MR) is 96.6 cm³/mol. The van der Waals surface area contributed by atoms with Gasteiger partial charge in [0.1, 0.15) is 5.54 Å². The molecule has 0 aromatic heterocycles. The van der Waals surface area contributed by atoms with Gasteiger partial charge in [-0.15, -0.1) is 0 Å². The third-order valence-corrected chi connectivity index (χ3v) is 5.89. The number of benzene rings is 1. The van der Waals surface area contributed by atoms with Crippen LogP contribution in [0.1, 0.15) is 42.0 Å². The molecule has 0 amide bonds. The first-order chi connectivity index (χ1) is 11.3. The lowest BCUT2D eigenvalue weighted by Gasteiger charge is -2.43. The highest BCUT2D eigenvalue weighted by Crippen LogP contribution is 2.45. The number of carbonyl (C=O) groups excluding carboxylic acids is 1. The van der Waals surface area contributed by atoms with E-state index in [1.54, 1.807) is 7.11 Å². The number of aryl methyl sites for hydroxylation is 3. The Morgan fingerprint density at radius 1 is 1.04 bits per heavy atom. The number of hydrogen-bond acceptors (Lipinski definition) is 4. The van der Waals surface area contributed by atoms with Gasteiger partial charge in [0.25, 0.3) is 0 Å². The summed E-state index contributed by atoms with van der Waals surface area (Å²) >= 11 is 0. The summed E-state index contributed by atoms with van der Waals surface area (Å²) in [5.41, 5.74) is 6.36. The van der Waals surface area contributed by atoms with Crippen LogP contribution in [0, 0.1) is 20.8 Å². The Balaban J connectivity index is 2.04. The van der Waals surface area contributed by atoms with E-state index < -0.39 is 5.54 Å². The van der Waals surface area contributed by atoms with Crippen molar-refractivity contribution in [3.05, 3.63) is 40.1 Å². The molecule has 1 saturated heterocycles. The Labute approximate surface area is 145 Å². The summed E-state index contributed by atoms with van der Waals surface area (Å²) in [6, 6.07) is 4.35. The van der Waals surface area contributed by atoms with E-state index in [0.29, 0.717) is 0 Å². The van der Waals surface area contributed by atoms with Gasteiger partial charge in [0.05, 0.1) is 7.11 Å². The van der Waals surface area contributed by atoms with Crippen LogP contribution in [0.4, 0.5) is 0 Å². The molecule has 0 N–H and O–H groups in total. The summed E-state index contributed by atoms with van der Waals surface area (Å²) in [5.74, 6) is 0.285. The molecular weight excluding hydrogens is 300 g/mol. The monoisotopic (exact) mass is 328 g/mol. The molecule has 1 fully saturated rings. The van der Waals surface area contributed by atoms with Gasteiger partial charge in [-0.05, 0) is 57.2 Å². The zero-order valence-electron chi connectivity index (χ0n) is 15.7. The second kappa shape index (κ2) is 6.01. The number of allylic oxidation sites excluding steroid dienone is 1. The molecule has 2 aliphatic rings. The maximum absolute atomic E-state index is 13.5. The number of hydrogen-bond donors (Lipinski definition) is 0. The molecule has 0 atom stereocenters. The molecule has 2 aliphatic heterocycles. The lowest BCUT2D eigenvalue weighted by atomic mass is 9.80. The summed E-state index contributed by atoms with van der Waals surface area (Å²) in [4.78, 5) is 21.1. The topological polar surface area (TPSA) is 32.8 Å². The van der Waals surface area contributed by atoms with Crippen molar-refractivity contribution in [3.63, 3.8) is 0 Å². The van der Waals surface area contributed by atoms with E-state index in [1.165, 1.54) is 16.7 Å². The zero-order valence-corrected chi connectivity index (χ0v) is 15.7. The number of hydroxylamine groups is 2. The molecule has 1 aromatic rings. The summed E-state index contributed by atoms with van der Waals surface area (Å²) < 4.78 is 0. The molecule has 4 nitrogen and oxygen atoms in total. The zero-order chi connectivity index (χ0) is 17.6. The van der Waals surface area contributed by atoms with Crippen LogP contribution in [-0.4, -0.2) is 48.5 Å². The lowest BCUT2D eigenvalue weighted by molar-refractivity contribution is -0.162. The lowest BCUT2D eigenvalue weighted by Crippen LogP contribution is -2.54. The third kappa shape index (κ3) is 2.40. The Kier molecular flexibility index (Phi) is 4.30. The highest BCUT2D eigenvalue weighted by atomic mass is 16.7. The Morgan fingerprint density at radius 3 is 2.08 bits per heavy atom. The number of rotatable bonds is 2. The molecule has 0 unspecified atom stereocenters. The van der Waals surface area contributed by atoms with Crippen LogP contribution < -0.4 is 0 Å². The van der Waals surface area contributed by atoms with E-state index >= 15 is 0 Å². The highest BCUT2D eigenvalue weighted by Gasteiger charge is 2.51. The first-order valence-corrected chi connectivity index (χ1v) is 8.68. The second-order valence-corrected chi connectivity index (χ2v) is 7.27. The summed E-state index contributed by atoms with van der Waals surface area (Å²) in [6.45, 7) is 10.00.